The zero-order valence-electron chi connectivity index (χ0n) is 12.4. The number of rotatable bonds is 2. The molecule has 3 aromatic carbocycles. The van der Waals surface area contributed by atoms with Crippen molar-refractivity contribution in [1.82, 2.24) is 9.55 Å². The van der Waals surface area contributed by atoms with Crippen LogP contribution in [0.3, 0.4) is 0 Å². The standard InChI is InChI=1S/C20H14N2S/c23-20-17-13-7-8-14-18(17)21-19(15-9-3-1-4-10-15)22(20)16-11-5-2-6-12-16/h1-14H. The van der Waals surface area contributed by atoms with Crippen molar-refractivity contribution in [3.05, 3.63) is 89.6 Å². The Hall–Kier alpha value is -2.78. The molecule has 1 aromatic heterocycles. The summed E-state index contributed by atoms with van der Waals surface area (Å²) in [6.07, 6.45) is 0. The molecule has 0 radical (unpaired) electrons. The third-order valence-electron chi connectivity index (χ3n) is 3.82. The predicted octanol–water partition coefficient (Wildman–Crippen LogP) is 5.42. The Morgan fingerprint density at radius 1 is 0.696 bits per heavy atom. The summed E-state index contributed by atoms with van der Waals surface area (Å²) < 4.78 is 2.83. The summed E-state index contributed by atoms with van der Waals surface area (Å²) in [5.74, 6) is 0.862. The molecule has 1 heterocycles. The Kier molecular flexibility index (Phi) is 3.48. The van der Waals surface area contributed by atoms with Crippen LogP contribution in [0.2, 0.25) is 0 Å². The quantitative estimate of drug-likeness (QED) is 0.460. The minimum absolute atomic E-state index is 0.778. The summed E-state index contributed by atoms with van der Waals surface area (Å²) in [6.45, 7) is 0. The molecule has 2 nitrogen and oxygen atoms in total. The first kappa shape index (κ1) is 13.9. The van der Waals surface area contributed by atoms with Gasteiger partial charge in [0, 0.05) is 16.6 Å². The van der Waals surface area contributed by atoms with Crippen molar-refractivity contribution in [1.29, 1.82) is 0 Å². The lowest BCUT2D eigenvalue weighted by atomic mass is 10.1. The normalized spacial score (nSPS) is 10.8. The van der Waals surface area contributed by atoms with Crippen LogP contribution >= 0.6 is 12.2 Å². The fourth-order valence-corrected chi connectivity index (χ4v) is 3.09. The van der Waals surface area contributed by atoms with Gasteiger partial charge in [-0.25, -0.2) is 4.98 Å². The monoisotopic (exact) mass is 314 g/mol. The fraction of sp³-hybridized carbons (Fsp3) is 0. The SMILES string of the molecule is S=c1c2ccccc2nc(-c2ccccc2)n1-c1ccccc1. The van der Waals surface area contributed by atoms with Gasteiger partial charge in [0.25, 0.3) is 0 Å². The van der Waals surface area contributed by atoms with Crippen LogP contribution in [-0.2, 0) is 0 Å². The third kappa shape index (κ3) is 2.45. The third-order valence-corrected chi connectivity index (χ3v) is 4.22. The molecule has 110 valence electrons. The molecule has 0 bridgehead atoms. The van der Waals surface area contributed by atoms with Crippen molar-refractivity contribution in [2.45, 2.75) is 0 Å². The first-order valence-electron chi connectivity index (χ1n) is 7.47. The Bertz CT molecular complexity index is 1020. The molecule has 0 atom stereocenters. The Morgan fingerprint density at radius 2 is 1.30 bits per heavy atom. The molecular formula is C20H14N2S. The van der Waals surface area contributed by atoms with E-state index in [1.54, 1.807) is 0 Å². The largest absolute Gasteiger partial charge is 0.284 e. The molecule has 4 aromatic rings. The number of para-hydroxylation sites is 2. The molecule has 0 amide bonds. The summed E-state index contributed by atoms with van der Waals surface area (Å²) >= 11 is 5.79. The lowest BCUT2D eigenvalue weighted by Crippen LogP contribution is -2.05. The van der Waals surface area contributed by atoms with E-state index in [2.05, 4.69) is 24.3 Å². The van der Waals surface area contributed by atoms with E-state index in [-0.39, 0.29) is 0 Å². The van der Waals surface area contributed by atoms with Crippen molar-refractivity contribution in [2.75, 3.05) is 0 Å². The number of benzene rings is 3. The van der Waals surface area contributed by atoms with Gasteiger partial charge in [-0.2, -0.15) is 0 Å². The first-order valence-corrected chi connectivity index (χ1v) is 7.88. The zero-order valence-corrected chi connectivity index (χ0v) is 13.2. The molecule has 0 saturated carbocycles. The lowest BCUT2D eigenvalue weighted by Gasteiger charge is -2.15. The van der Waals surface area contributed by atoms with Gasteiger partial charge in [-0.1, -0.05) is 72.9 Å². The van der Waals surface area contributed by atoms with Crippen LogP contribution in [0.15, 0.2) is 84.9 Å². The Balaban J connectivity index is 2.14. The van der Waals surface area contributed by atoms with Crippen LogP contribution in [0.1, 0.15) is 0 Å². The maximum Gasteiger partial charge on any atom is 0.146 e. The zero-order chi connectivity index (χ0) is 15.6. The minimum atomic E-state index is 0.778. The molecule has 23 heavy (non-hydrogen) atoms. The number of hydrogen-bond acceptors (Lipinski definition) is 2. The maximum atomic E-state index is 5.79. The second-order valence-corrected chi connectivity index (χ2v) is 5.68. The average molecular weight is 314 g/mol. The van der Waals surface area contributed by atoms with Crippen LogP contribution < -0.4 is 0 Å². The molecule has 0 fully saturated rings. The smallest absolute Gasteiger partial charge is 0.146 e. The summed E-state index contributed by atoms with van der Waals surface area (Å²) in [7, 11) is 0. The van der Waals surface area contributed by atoms with E-state index in [0.717, 1.165) is 32.6 Å². The molecule has 4 rings (SSSR count). The molecule has 0 aliphatic heterocycles. The average Bonchev–Trinajstić information content (AvgIpc) is 2.63. The number of nitrogens with zero attached hydrogens (tertiary/aromatic N) is 2. The molecule has 0 N–H and O–H groups in total. The Morgan fingerprint density at radius 3 is 2.04 bits per heavy atom. The van der Waals surface area contributed by atoms with Crippen molar-refractivity contribution in [3.8, 4) is 17.1 Å². The maximum absolute atomic E-state index is 5.79. The van der Waals surface area contributed by atoms with Crippen molar-refractivity contribution in [3.63, 3.8) is 0 Å². The summed E-state index contributed by atoms with van der Waals surface area (Å²) in [5, 5.41) is 0.992. The van der Waals surface area contributed by atoms with E-state index in [1.165, 1.54) is 0 Å². The predicted molar refractivity (Wildman–Crippen MR) is 97.3 cm³/mol. The van der Waals surface area contributed by atoms with Crippen LogP contribution in [0.25, 0.3) is 28.0 Å². The number of aromatic nitrogens is 2. The van der Waals surface area contributed by atoms with E-state index in [9.17, 15) is 0 Å². The first-order chi connectivity index (χ1) is 11.3. The molecule has 0 aliphatic rings. The van der Waals surface area contributed by atoms with E-state index in [0.29, 0.717) is 0 Å². The summed E-state index contributed by atoms with van der Waals surface area (Å²) in [6, 6.07) is 28.3. The second-order valence-electron chi connectivity index (χ2n) is 5.29. The van der Waals surface area contributed by atoms with Gasteiger partial charge < -0.3 is 0 Å². The van der Waals surface area contributed by atoms with Crippen molar-refractivity contribution < 1.29 is 0 Å². The second kappa shape index (κ2) is 5.78. The summed E-state index contributed by atoms with van der Waals surface area (Å²) in [4.78, 5) is 4.88. The molecule has 0 unspecified atom stereocenters. The lowest BCUT2D eigenvalue weighted by molar-refractivity contribution is 1.00. The van der Waals surface area contributed by atoms with Gasteiger partial charge in [-0.15, -0.1) is 0 Å². The van der Waals surface area contributed by atoms with Crippen molar-refractivity contribution >= 4 is 23.1 Å². The van der Waals surface area contributed by atoms with E-state index in [4.69, 9.17) is 17.2 Å². The van der Waals surface area contributed by atoms with Crippen LogP contribution in [-0.4, -0.2) is 9.55 Å². The van der Waals surface area contributed by atoms with Gasteiger partial charge in [-0.05, 0) is 24.3 Å². The van der Waals surface area contributed by atoms with Crippen LogP contribution in [0, 0.1) is 4.64 Å². The van der Waals surface area contributed by atoms with Gasteiger partial charge in [-0.3, -0.25) is 4.57 Å². The molecule has 0 saturated heterocycles. The fourth-order valence-electron chi connectivity index (χ4n) is 2.73. The minimum Gasteiger partial charge on any atom is -0.284 e. The molecule has 3 heteroatoms. The van der Waals surface area contributed by atoms with Crippen molar-refractivity contribution in [2.24, 2.45) is 0 Å². The van der Waals surface area contributed by atoms with Gasteiger partial charge >= 0.3 is 0 Å². The van der Waals surface area contributed by atoms with Gasteiger partial charge in [0.05, 0.1) is 5.52 Å². The van der Waals surface area contributed by atoms with Gasteiger partial charge in [0.1, 0.15) is 10.5 Å². The highest BCUT2D eigenvalue weighted by atomic mass is 32.1. The van der Waals surface area contributed by atoms with E-state index < -0.39 is 0 Å². The molecular weight excluding hydrogens is 300 g/mol. The van der Waals surface area contributed by atoms with Gasteiger partial charge in [0.15, 0.2) is 0 Å². The molecule has 0 aliphatic carbocycles. The van der Waals surface area contributed by atoms with E-state index >= 15 is 0 Å². The Labute approximate surface area is 139 Å². The van der Waals surface area contributed by atoms with E-state index in [1.807, 2.05) is 65.2 Å². The van der Waals surface area contributed by atoms with Crippen LogP contribution in [0.4, 0.5) is 0 Å². The molecule has 0 spiro atoms. The highest BCUT2D eigenvalue weighted by Crippen LogP contribution is 2.26. The number of fused-ring (bicyclic) bond motifs is 1. The highest BCUT2D eigenvalue weighted by molar-refractivity contribution is 7.71. The van der Waals surface area contributed by atoms with Crippen LogP contribution in [0.5, 0.6) is 0 Å². The van der Waals surface area contributed by atoms with Gasteiger partial charge in [0.2, 0.25) is 0 Å². The summed E-state index contributed by atoms with van der Waals surface area (Å²) in [5.41, 5.74) is 2.99. The number of hydrogen-bond donors (Lipinski definition) is 0. The topological polar surface area (TPSA) is 17.8 Å². The highest BCUT2D eigenvalue weighted by Gasteiger charge is 2.11.